The van der Waals surface area contributed by atoms with E-state index in [2.05, 4.69) is 25.3 Å². The van der Waals surface area contributed by atoms with Crippen LogP contribution in [0.25, 0.3) is 0 Å². The third-order valence-electron chi connectivity index (χ3n) is 6.22. The van der Waals surface area contributed by atoms with Crippen molar-refractivity contribution in [2.75, 3.05) is 26.7 Å². The molecular formula is C28H32N2O3S. The maximum absolute atomic E-state index is 13.7. The van der Waals surface area contributed by atoms with E-state index in [-0.39, 0.29) is 30.3 Å². The molecule has 0 N–H and O–H groups in total. The Morgan fingerprint density at radius 2 is 1.79 bits per heavy atom. The fourth-order valence-electron chi connectivity index (χ4n) is 4.52. The van der Waals surface area contributed by atoms with E-state index >= 15 is 0 Å². The van der Waals surface area contributed by atoms with Crippen molar-refractivity contribution in [1.29, 1.82) is 0 Å². The second-order valence-corrected chi connectivity index (χ2v) is 10.3. The van der Waals surface area contributed by atoms with Crippen molar-refractivity contribution in [2.24, 2.45) is 5.92 Å². The highest BCUT2D eigenvalue weighted by atomic mass is 32.1. The van der Waals surface area contributed by atoms with Crippen LogP contribution < -0.4 is 4.74 Å². The van der Waals surface area contributed by atoms with E-state index in [1.807, 2.05) is 60.4 Å². The molecule has 1 atom stereocenters. The number of hydrogen-bond acceptors (Lipinski definition) is 4. The first-order chi connectivity index (χ1) is 16.4. The van der Waals surface area contributed by atoms with Crippen LogP contribution in [-0.2, 0) is 11.2 Å². The van der Waals surface area contributed by atoms with Crippen LogP contribution in [-0.4, -0.2) is 48.4 Å². The number of fused-ring (bicyclic) bond motifs is 1. The summed E-state index contributed by atoms with van der Waals surface area (Å²) in [5, 5.41) is 2.10. The summed E-state index contributed by atoms with van der Waals surface area (Å²) in [4.78, 5) is 32.0. The lowest BCUT2D eigenvalue weighted by Crippen LogP contribution is -2.47. The minimum absolute atomic E-state index is 0.0289. The molecule has 2 amide bonds. The zero-order valence-corrected chi connectivity index (χ0v) is 21.1. The molecule has 6 heteroatoms. The molecule has 1 aromatic heterocycles. The molecule has 34 heavy (non-hydrogen) atoms. The lowest BCUT2D eigenvalue weighted by molar-refractivity contribution is -0.134. The molecule has 2 heterocycles. The van der Waals surface area contributed by atoms with Gasteiger partial charge in [-0.15, -0.1) is 11.3 Å². The molecule has 0 spiro atoms. The van der Waals surface area contributed by atoms with Crippen LogP contribution in [0.4, 0.5) is 0 Å². The SMILES string of the molecule is COc1ccc(C2c3ccsc3CCN2C(=O)CN(CC(C)C)C(=O)c2ccc(C)cc2)cc1. The number of amides is 2. The summed E-state index contributed by atoms with van der Waals surface area (Å²) in [6, 6.07) is 17.4. The quantitative estimate of drug-likeness (QED) is 0.463. The number of rotatable bonds is 7. The molecule has 0 saturated heterocycles. The van der Waals surface area contributed by atoms with Crippen LogP contribution in [0.1, 0.15) is 51.8 Å². The van der Waals surface area contributed by atoms with Gasteiger partial charge in [0.15, 0.2) is 0 Å². The van der Waals surface area contributed by atoms with E-state index < -0.39 is 0 Å². The van der Waals surface area contributed by atoms with Crippen molar-refractivity contribution >= 4 is 23.2 Å². The van der Waals surface area contributed by atoms with Gasteiger partial charge in [-0.25, -0.2) is 0 Å². The predicted octanol–water partition coefficient (Wildman–Crippen LogP) is 5.34. The van der Waals surface area contributed by atoms with E-state index in [1.165, 1.54) is 10.4 Å². The average molecular weight is 477 g/mol. The van der Waals surface area contributed by atoms with Crippen molar-refractivity contribution in [2.45, 2.75) is 33.2 Å². The zero-order valence-electron chi connectivity index (χ0n) is 20.3. The van der Waals surface area contributed by atoms with Gasteiger partial charge in [-0.1, -0.05) is 43.7 Å². The summed E-state index contributed by atoms with van der Waals surface area (Å²) in [5.74, 6) is 0.911. The maximum Gasteiger partial charge on any atom is 0.254 e. The van der Waals surface area contributed by atoms with Crippen LogP contribution in [0.3, 0.4) is 0 Å². The fourth-order valence-corrected chi connectivity index (χ4v) is 5.43. The molecule has 1 unspecified atom stereocenters. The molecule has 0 bridgehead atoms. The van der Waals surface area contributed by atoms with Gasteiger partial charge in [0.2, 0.25) is 5.91 Å². The number of carbonyl (C=O) groups is 2. The standard InChI is InChI=1S/C28H32N2O3S/c1-19(2)17-29(28(32)22-7-5-20(3)6-8-22)18-26(31)30-15-13-25-24(14-16-34-25)27(30)21-9-11-23(33-4)12-10-21/h5-12,14,16,19,27H,13,15,17-18H2,1-4H3. The molecule has 2 aromatic carbocycles. The van der Waals surface area contributed by atoms with E-state index in [1.54, 1.807) is 23.3 Å². The summed E-state index contributed by atoms with van der Waals surface area (Å²) in [5.41, 5.74) is 3.94. The number of methoxy groups -OCH3 is 1. The van der Waals surface area contributed by atoms with Crippen molar-refractivity contribution < 1.29 is 14.3 Å². The minimum Gasteiger partial charge on any atom is -0.497 e. The molecule has 3 aromatic rings. The largest absolute Gasteiger partial charge is 0.497 e. The highest BCUT2D eigenvalue weighted by Crippen LogP contribution is 2.38. The highest BCUT2D eigenvalue weighted by Gasteiger charge is 2.34. The summed E-state index contributed by atoms with van der Waals surface area (Å²) >= 11 is 1.74. The first kappa shape index (κ1) is 24.0. The lowest BCUT2D eigenvalue weighted by Gasteiger charge is -2.38. The molecular weight excluding hydrogens is 444 g/mol. The normalized spacial score (nSPS) is 15.2. The van der Waals surface area contributed by atoms with Gasteiger partial charge < -0.3 is 14.5 Å². The number of hydrogen-bond donors (Lipinski definition) is 0. The summed E-state index contributed by atoms with van der Waals surface area (Å²) in [6.45, 7) is 7.37. The van der Waals surface area contributed by atoms with Crippen LogP contribution in [0, 0.1) is 12.8 Å². The topological polar surface area (TPSA) is 49.9 Å². The second kappa shape index (κ2) is 10.4. The molecule has 4 rings (SSSR count). The smallest absolute Gasteiger partial charge is 0.254 e. The number of nitrogens with zero attached hydrogens (tertiary/aromatic N) is 2. The molecule has 0 aliphatic carbocycles. The number of carbonyl (C=O) groups excluding carboxylic acids is 2. The minimum atomic E-state index is -0.163. The monoisotopic (exact) mass is 476 g/mol. The highest BCUT2D eigenvalue weighted by molar-refractivity contribution is 7.10. The van der Waals surface area contributed by atoms with Crippen LogP contribution in [0.2, 0.25) is 0 Å². The number of thiophene rings is 1. The van der Waals surface area contributed by atoms with Gasteiger partial charge in [0.1, 0.15) is 12.3 Å². The van der Waals surface area contributed by atoms with Crippen molar-refractivity contribution in [1.82, 2.24) is 9.80 Å². The molecule has 0 radical (unpaired) electrons. The van der Waals surface area contributed by atoms with Crippen LogP contribution >= 0.6 is 11.3 Å². The average Bonchev–Trinajstić information content (AvgIpc) is 3.32. The van der Waals surface area contributed by atoms with Gasteiger partial charge in [-0.2, -0.15) is 0 Å². The first-order valence-electron chi connectivity index (χ1n) is 11.7. The summed E-state index contributed by atoms with van der Waals surface area (Å²) < 4.78 is 5.33. The number of aryl methyl sites for hydroxylation is 1. The fraction of sp³-hybridized carbons (Fsp3) is 0.357. The third kappa shape index (κ3) is 5.17. The lowest BCUT2D eigenvalue weighted by atomic mass is 9.93. The Kier molecular flexibility index (Phi) is 7.37. The van der Waals surface area contributed by atoms with E-state index in [0.29, 0.717) is 18.7 Å². The van der Waals surface area contributed by atoms with Gasteiger partial charge in [0.25, 0.3) is 5.91 Å². The van der Waals surface area contributed by atoms with Crippen LogP contribution in [0.15, 0.2) is 60.0 Å². The van der Waals surface area contributed by atoms with Crippen LogP contribution in [0.5, 0.6) is 5.75 Å². The Morgan fingerprint density at radius 3 is 2.44 bits per heavy atom. The van der Waals surface area contributed by atoms with E-state index in [4.69, 9.17) is 4.74 Å². The van der Waals surface area contributed by atoms with E-state index in [0.717, 1.165) is 23.3 Å². The second-order valence-electron chi connectivity index (χ2n) is 9.26. The molecule has 1 aliphatic rings. The number of benzene rings is 2. The van der Waals surface area contributed by atoms with Gasteiger partial charge in [-0.3, -0.25) is 9.59 Å². The van der Waals surface area contributed by atoms with Gasteiger partial charge in [0, 0.05) is 23.5 Å². The maximum atomic E-state index is 13.7. The Morgan fingerprint density at radius 1 is 1.09 bits per heavy atom. The molecule has 0 saturated carbocycles. The Hall–Kier alpha value is -3.12. The Balaban J connectivity index is 1.61. The molecule has 5 nitrogen and oxygen atoms in total. The molecule has 0 fully saturated rings. The zero-order chi connectivity index (χ0) is 24.2. The Labute approximate surface area is 206 Å². The molecule has 1 aliphatic heterocycles. The number of ether oxygens (including phenoxy) is 1. The van der Waals surface area contributed by atoms with Gasteiger partial charge >= 0.3 is 0 Å². The van der Waals surface area contributed by atoms with Gasteiger partial charge in [0.05, 0.1) is 13.2 Å². The van der Waals surface area contributed by atoms with E-state index in [9.17, 15) is 9.59 Å². The van der Waals surface area contributed by atoms with Crippen molar-refractivity contribution in [3.63, 3.8) is 0 Å². The van der Waals surface area contributed by atoms with Crippen molar-refractivity contribution in [3.05, 3.63) is 87.1 Å². The van der Waals surface area contributed by atoms with Crippen molar-refractivity contribution in [3.8, 4) is 5.75 Å². The van der Waals surface area contributed by atoms with Gasteiger partial charge in [-0.05, 0) is 66.1 Å². The third-order valence-corrected chi connectivity index (χ3v) is 7.21. The molecule has 178 valence electrons. The summed E-state index contributed by atoms with van der Waals surface area (Å²) in [7, 11) is 1.65. The predicted molar refractivity (Wildman–Crippen MR) is 136 cm³/mol. The first-order valence-corrected chi connectivity index (χ1v) is 12.6. The Bertz CT molecular complexity index is 1140. The summed E-state index contributed by atoms with van der Waals surface area (Å²) in [6.07, 6.45) is 0.835.